The minimum Gasteiger partial charge on any atom is -0.481 e. The number of nitrogens with two attached hydrogens (primary N) is 1. The molecule has 4 aliphatic rings. The van der Waals surface area contributed by atoms with Crippen molar-refractivity contribution in [2.75, 3.05) is 40.3 Å². The minimum atomic E-state index is -0.788. The Bertz CT molecular complexity index is 850. The van der Waals surface area contributed by atoms with E-state index in [1.807, 2.05) is 20.8 Å². The van der Waals surface area contributed by atoms with Crippen molar-refractivity contribution in [3.8, 4) is 0 Å². The zero-order chi connectivity index (χ0) is 27.0. The summed E-state index contributed by atoms with van der Waals surface area (Å²) in [4.78, 5) is 49.5. The lowest BCUT2D eigenvalue weighted by molar-refractivity contribution is -0.143. The Hall–Kier alpha value is -2.56. The first-order chi connectivity index (χ1) is 16.0. The summed E-state index contributed by atoms with van der Waals surface area (Å²) in [5.41, 5.74) is 2.49. The van der Waals surface area contributed by atoms with Crippen LogP contribution in [0.15, 0.2) is 0 Å². The number of rotatable bonds is 2. The van der Waals surface area contributed by atoms with Crippen LogP contribution in [-0.2, 0) is 19.1 Å². The molecule has 2 saturated heterocycles. The van der Waals surface area contributed by atoms with Crippen molar-refractivity contribution in [1.82, 2.24) is 15.1 Å². The van der Waals surface area contributed by atoms with Gasteiger partial charge >= 0.3 is 18.2 Å². The molecule has 200 valence electrons. The van der Waals surface area contributed by atoms with E-state index in [0.29, 0.717) is 38.5 Å². The second-order valence-electron chi connectivity index (χ2n) is 11.7. The summed E-state index contributed by atoms with van der Waals surface area (Å²) < 4.78 is 10.5. The molecule has 2 saturated carbocycles. The molecule has 2 aliphatic heterocycles. The molecule has 0 aromatic carbocycles. The van der Waals surface area contributed by atoms with Gasteiger partial charge in [-0.15, -0.1) is 0 Å². The van der Waals surface area contributed by atoms with Gasteiger partial charge in [0.15, 0.2) is 0 Å². The molecule has 11 heteroatoms. The number of nitrogens with zero attached hydrogens (tertiary/aromatic N) is 2. The van der Waals surface area contributed by atoms with E-state index >= 15 is 0 Å². The van der Waals surface area contributed by atoms with E-state index in [4.69, 9.17) is 14.6 Å². The maximum atomic E-state index is 11.9. The normalized spacial score (nSPS) is 29.9. The summed E-state index contributed by atoms with van der Waals surface area (Å²) >= 11 is 0. The van der Waals surface area contributed by atoms with Gasteiger partial charge in [0.25, 0.3) is 0 Å². The Morgan fingerprint density at radius 1 is 0.829 bits per heavy atom. The number of fused-ring (bicyclic) bond motifs is 2. The Balaban J connectivity index is 0.000000231. The number of carbonyl (C=O) groups is 4. The number of likely N-dealkylation sites (tertiary alicyclic amines) is 2. The summed E-state index contributed by atoms with van der Waals surface area (Å²) in [7, 11) is 3.14. The molecule has 4 rings (SSSR count). The molecule has 0 radical (unpaired) electrons. The van der Waals surface area contributed by atoms with Crippen LogP contribution in [-0.4, -0.2) is 90.4 Å². The van der Waals surface area contributed by atoms with Gasteiger partial charge in [0.1, 0.15) is 11.2 Å². The molecule has 0 bridgehead atoms. The van der Waals surface area contributed by atoms with Gasteiger partial charge in [-0.3, -0.25) is 9.59 Å². The molecular weight excluding hydrogens is 456 g/mol. The lowest BCUT2D eigenvalue weighted by Crippen LogP contribution is -2.40. The molecular formula is C24H42N4O7. The maximum Gasteiger partial charge on any atom is 0.410 e. The van der Waals surface area contributed by atoms with Crippen LogP contribution in [0.4, 0.5) is 9.59 Å². The van der Waals surface area contributed by atoms with E-state index in [2.05, 4.69) is 11.1 Å². The first-order valence-electron chi connectivity index (χ1n) is 12.0. The fourth-order valence-electron chi connectivity index (χ4n) is 4.83. The average molecular weight is 499 g/mol. The number of carbonyl (C=O) groups excluding carboxylic acids is 3. The van der Waals surface area contributed by atoms with Crippen molar-refractivity contribution in [3.63, 3.8) is 0 Å². The fraction of sp³-hybridized carbons (Fsp3) is 0.833. The fourth-order valence-corrected chi connectivity index (χ4v) is 4.83. The third-order valence-electron chi connectivity index (χ3n) is 6.70. The van der Waals surface area contributed by atoms with E-state index in [-0.39, 0.29) is 23.3 Å². The summed E-state index contributed by atoms with van der Waals surface area (Å²) in [5.74, 6) is -0.301. The van der Waals surface area contributed by atoms with Crippen LogP contribution in [0.5, 0.6) is 0 Å². The van der Waals surface area contributed by atoms with E-state index in [9.17, 15) is 19.2 Å². The highest BCUT2D eigenvalue weighted by Gasteiger charge is 2.67. The third kappa shape index (κ3) is 6.36. The van der Waals surface area contributed by atoms with Crippen molar-refractivity contribution < 1.29 is 33.8 Å². The Morgan fingerprint density at radius 2 is 1.20 bits per heavy atom. The standard InChI is InChI=1S/C12H20N2O3.C11H17NO4.CH5N/c1-11(2,3)17-10(16)14-6-8-5-12(8,7-14)9(15)13-4;1-10(2,3)16-9(15)12-5-7-4-11(7,6-12)8(13)14;1-2/h8H,5-7H2,1-4H3,(H,13,15);7H,4-6H2,1-3H3,(H,13,14);2H2,1H3/t8-,12-;7-,11-;/m11./s1. The lowest BCUT2D eigenvalue weighted by Gasteiger charge is -2.26. The number of piperidine rings is 2. The molecule has 4 fully saturated rings. The predicted octanol–water partition coefficient (Wildman–Crippen LogP) is 1.89. The zero-order valence-corrected chi connectivity index (χ0v) is 22.3. The van der Waals surface area contributed by atoms with Gasteiger partial charge in [0, 0.05) is 33.2 Å². The largest absolute Gasteiger partial charge is 0.481 e. The smallest absolute Gasteiger partial charge is 0.410 e. The number of hydrogen-bond acceptors (Lipinski definition) is 7. The van der Waals surface area contributed by atoms with Crippen LogP contribution < -0.4 is 11.1 Å². The van der Waals surface area contributed by atoms with Crippen LogP contribution >= 0.6 is 0 Å². The van der Waals surface area contributed by atoms with Gasteiger partial charge in [-0.2, -0.15) is 0 Å². The number of carboxylic acids is 1. The van der Waals surface area contributed by atoms with Crippen molar-refractivity contribution >= 4 is 24.1 Å². The molecule has 4 N–H and O–H groups in total. The van der Waals surface area contributed by atoms with Crippen LogP contribution in [0.25, 0.3) is 0 Å². The van der Waals surface area contributed by atoms with E-state index in [1.165, 1.54) is 11.9 Å². The predicted molar refractivity (Wildman–Crippen MR) is 129 cm³/mol. The molecule has 0 unspecified atom stereocenters. The Kier molecular flexibility index (Phi) is 8.05. The molecule has 11 nitrogen and oxygen atoms in total. The van der Waals surface area contributed by atoms with Gasteiger partial charge in [-0.1, -0.05) is 0 Å². The highest BCUT2D eigenvalue weighted by molar-refractivity contribution is 5.88. The van der Waals surface area contributed by atoms with Gasteiger partial charge in [0.05, 0.1) is 10.8 Å². The average Bonchev–Trinajstić information content (AvgIpc) is 3.54. The second-order valence-corrected chi connectivity index (χ2v) is 11.7. The first kappa shape index (κ1) is 28.7. The van der Waals surface area contributed by atoms with Gasteiger partial charge < -0.3 is 35.4 Å². The number of hydrogen-bond donors (Lipinski definition) is 3. The Morgan fingerprint density at radius 3 is 1.54 bits per heavy atom. The number of aliphatic carboxylic acids is 1. The first-order valence-corrected chi connectivity index (χ1v) is 12.0. The second kappa shape index (κ2) is 9.83. The zero-order valence-electron chi connectivity index (χ0n) is 22.3. The third-order valence-corrected chi connectivity index (χ3v) is 6.70. The minimum absolute atomic E-state index is 0.0496. The van der Waals surface area contributed by atoms with E-state index in [0.717, 1.165) is 6.42 Å². The number of nitrogens with one attached hydrogen (secondary N) is 1. The van der Waals surface area contributed by atoms with E-state index in [1.54, 1.807) is 32.7 Å². The summed E-state index contributed by atoms with van der Waals surface area (Å²) in [5, 5.41) is 11.7. The van der Waals surface area contributed by atoms with Crippen LogP contribution in [0.3, 0.4) is 0 Å². The highest BCUT2D eigenvalue weighted by Crippen LogP contribution is 2.58. The number of ether oxygens (including phenoxy) is 2. The molecule has 3 amide bonds. The highest BCUT2D eigenvalue weighted by atomic mass is 16.6. The van der Waals surface area contributed by atoms with Crippen molar-refractivity contribution in [2.45, 2.75) is 65.6 Å². The van der Waals surface area contributed by atoms with Crippen molar-refractivity contribution in [1.29, 1.82) is 0 Å². The Labute approximate surface area is 207 Å². The molecule has 0 spiro atoms. The lowest BCUT2D eigenvalue weighted by atomic mass is 10.1. The number of carboxylic acid groups (broad SMARTS) is 1. The SMILES string of the molecule is CC(C)(C)OC(=O)N1C[C@H]2C[C@@]2(C(=O)O)C1.CN.CNC(=O)[C@@]12C[C@@H]1CN(C(=O)OC(C)(C)C)C2. The molecule has 2 aliphatic carbocycles. The monoisotopic (exact) mass is 498 g/mol. The van der Waals surface area contributed by atoms with Gasteiger partial charge in [-0.25, -0.2) is 9.59 Å². The topological polar surface area (TPSA) is 152 Å². The van der Waals surface area contributed by atoms with E-state index < -0.39 is 28.7 Å². The van der Waals surface area contributed by atoms with Crippen LogP contribution in [0, 0.1) is 22.7 Å². The van der Waals surface area contributed by atoms with Crippen LogP contribution in [0.1, 0.15) is 54.4 Å². The summed E-state index contributed by atoms with van der Waals surface area (Å²) in [6, 6.07) is 0. The molecule has 0 aromatic rings. The molecule has 35 heavy (non-hydrogen) atoms. The summed E-state index contributed by atoms with van der Waals surface area (Å²) in [6.45, 7) is 12.9. The molecule has 2 heterocycles. The maximum absolute atomic E-state index is 11.9. The number of amides is 3. The van der Waals surface area contributed by atoms with Crippen molar-refractivity contribution in [2.24, 2.45) is 28.4 Å². The molecule has 0 aromatic heterocycles. The van der Waals surface area contributed by atoms with Gasteiger partial charge in [-0.05, 0) is 73.3 Å². The van der Waals surface area contributed by atoms with Crippen molar-refractivity contribution in [3.05, 3.63) is 0 Å². The quantitative estimate of drug-likeness (QED) is 0.522. The molecule has 4 atom stereocenters. The van der Waals surface area contributed by atoms with Gasteiger partial charge in [0.2, 0.25) is 5.91 Å². The summed E-state index contributed by atoms with van der Waals surface area (Å²) in [6.07, 6.45) is 0.876. The van der Waals surface area contributed by atoms with Crippen LogP contribution in [0.2, 0.25) is 0 Å².